The summed E-state index contributed by atoms with van der Waals surface area (Å²) in [5.74, 6) is 2.02. The van der Waals surface area contributed by atoms with E-state index in [9.17, 15) is 9.90 Å². The van der Waals surface area contributed by atoms with Crippen LogP contribution in [0.5, 0.6) is 17.2 Å². The molecule has 5 nitrogen and oxygen atoms in total. The number of aldehydes is 1. The number of phenolic OH excluding ortho intramolecular Hbond substituents is 1. The molecule has 2 heterocycles. The normalized spacial score (nSPS) is 16.7. The molecule has 1 N–H and O–H groups in total. The fourth-order valence-electron chi connectivity index (χ4n) is 6.16. The van der Waals surface area contributed by atoms with Crippen LogP contribution in [0.15, 0.2) is 36.4 Å². The van der Waals surface area contributed by atoms with Gasteiger partial charge in [-0.1, -0.05) is 128 Å². The lowest BCUT2D eigenvalue weighted by Crippen LogP contribution is -2.32. The molecule has 5 rings (SSSR count). The van der Waals surface area contributed by atoms with Crippen molar-refractivity contribution in [2.75, 3.05) is 16.0 Å². The molecule has 0 fully saturated rings. The Morgan fingerprint density at radius 3 is 1.32 bits per heavy atom. The van der Waals surface area contributed by atoms with Gasteiger partial charge >= 0.3 is 0 Å². The molecule has 0 radical (unpaired) electrons. The monoisotopic (exact) mass is 876 g/mol. The zero-order valence-electron chi connectivity index (χ0n) is 31.3. The van der Waals surface area contributed by atoms with E-state index in [4.69, 9.17) is 14.2 Å². The number of aromatic hydroxyl groups is 1. The number of rotatable bonds is 10. The Morgan fingerprint density at radius 1 is 0.600 bits per heavy atom. The third-order valence-electron chi connectivity index (χ3n) is 9.28. The highest BCUT2D eigenvalue weighted by Crippen LogP contribution is 2.52. The van der Waals surface area contributed by atoms with Crippen molar-refractivity contribution in [1.29, 1.82) is 0 Å². The van der Waals surface area contributed by atoms with Gasteiger partial charge in [0.2, 0.25) is 12.6 Å². The van der Waals surface area contributed by atoms with Crippen LogP contribution in [-0.4, -0.2) is 27.4 Å². The first kappa shape index (κ1) is 40.9. The van der Waals surface area contributed by atoms with Crippen LogP contribution in [-0.2, 0) is 40.2 Å². The fraction of sp³-hybridized carbons (Fsp3) is 0.548. The topological polar surface area (TPSA) is 65.0 Å². The van der Waals surface area contributed by atoms with Crippen LogP contribution in [0.3, 0.4) is 0 Å². The molecule has 3 aromatic rings. The first-order valence-electron chi connectivity index (χ1n) is 17.8. The van der Waals surface area contributed by atoms with Crippen molar-refractivity contribution in [2.24, 2.45) is 0 Å². The van der Waals surface area contributed by atoms with Gasteiger partial charge in [0.05, 0.1) is 16.7 Å². The number of fused-ring (bicyclic) bond motifs is 6. The van der Waals surface area contributed by atoms with E-state index >= 15 is 0 Å². The van der Waals surface area contributed by atoms with E-state index in [1.54, 1.807) is 6.07 Å². The lowest BCUT2D eigenvalue weighted by Gasteiger charge is -2.40. The number of aryl methyl sites for hydroxylation is 3. The van der Waals surface area contributed by atoms with Gasteiger partial charge in [0.25, 0.3) is 0 Å². The molecule has 2 unspecified atom stereocenters. The van der Waals surface area contributed by atoms with E-state index in [0.717, 1.165) is 94.6 Å². The van der Waals surface area contributed by atoms with Gasteiger partial charge in [-0.05, 0) is 106 Å². The van der Waals surface area contributed by atoms with Crippen LogP contribution in [0.25, 0.3) is 0 Å². The molecule has 3 aromatic carbocycles. The average molecular weight is 880 g/mol. The Kier molecular flexibility index (Phi) is 13.8. The average Bonchev–Trinajstić information content (AvgIpc) is 3.04. The second-order valence-electron chi connectivity index (χ2n) is 16.5. The van der Waals surface area contributed by atoms with Gasteiger partial charge in [0.1, 0.15) is 17.2 Å². The first-order chi connectivity index (χ1) is 23.4. The van der Waals surface area contributed by atoms with Crippen molar-refractivity contribution in [3.63, 3.8) is 0 Å². The summed E-state index contributed by atoms with van der Waals surface area (Å²) < 4.78 is 19.6. The highest BCUT2D eigenvalue weighted by molar-refractivity contribution is 9.09. The molecular formula is C42H55Br3O5. The number of carbonyl (C=O) groups is 1. The third-order valence-corrected chi connectivity index (χ3v) is 11.0. The van der Waals surface area contributed by atoms with Gasteiger partial charge in [-0.3, -0.25) is 9.53 Å². The zero-order chi connectivity index (χ0) is 37.0. The SMILES string of the molecule is CC(C)(C)c1cc(C=O)c(O)c(CCCBr)c1.CC(C)(C)c1cc(CCCBr)c2c(c1)C1Oc3c(CCCBr)cc(C(C)(C)C)cc3C(O2)O1. The molecule has 0 aromatic heterocycles. The number of hydrogen-bond donors (Lipinski definition) is 1. The molecular weight excluding hydrogens is 824 g/mol. The van der Waals surface area contributed by atoms with Gasteiger partial charge in [0.15, 0.2) is 6.29 Å². The molecule has 2 aliphatic rings. The molecule has 2 atom stereocenters. The van der Waals surface area contributed by atoms with Crippen LogP contribution in [0.2, 0.25) is 0 Å². The van der Waals surface area contributed by atoms with Gasteiger partial charge in [-0.25, -0.2) is 0 Å². The van der Waals surface area contributed by atoms with E-state index in [1.807, 2.05) is 6.07 Å². The van der Waals surface area contributed by atoms with Crippen molar-refractivity contribution in [2.45, 2.75) is 130 Å². The number of phenols is 1. The van der Waals surface area contributed by atoms with E-state index in [2.05, 4.69) is 134 Å². The number of hydrogen-bond acceptors (Lipinski definition) is 5. The van der Waals surface area contributed by atoms with Crippen LogP contribution in [0, 0.1) is 0 Å². The molecule has 274 valence electrons. The predicted octanol–water partition coefficient (Wildman–Crippen LogP) is 12.3. The highest BCUT2D eigenvalue weighted by Gasteiger charge is 2.41. The second-order valence-corrected chi connectivity index (χ2v) is 18.8. The van der Waals surface area contributed by atoms with Crippen LogP contribution < -0.4 is 9.47 Å². The zero-order valence-corrected chi connectivity index (χ0v) is 36.0. The Balaban J connectivity index is 0.000000279. The van der Waals surface area contributed by atoms with E-state index < -0.39 is 12.6 Å². The molecule has 8 heteroatoms. The number of benzene rings is 3. The number of carbonyl (C=O) groups excluding carboxylic acids is 1. The molecule has 50 heavy (non-hydrogen) atoms. The van der Waals surface area contributed by atoms with Gasteiger partial charge < -0.3 is 14.6 Å². The Bertz CT molecular complexity index is 1560. The summed E-state index contributed by atoms with van der Waals surface area (Å²) in [4.78, 5) is 11.0. The Hall–Kier alpha value is -1.87. The van der Waals surface area contributed by atoms with E-state index in [1.165, 1.54) is 22.3 Å². The van der Waals surface area contributed by atoms with E-state index in [-0.39, 0.29) is 22.0 Å². The fourth-order valence-corrected chi connectivity index (χ4v) is 7.00. The Morgan fingerprint density at radius 2 is 0.960 bits per heavy atom. The lowest BCUT2D eigenvalue weighted by molar-refractivity contribution is -0.228. The van der Waals surface area contributed by atoms with Crippen molar-refractivity contribution in [3.8, 4) is 17.2 Å². The number of ether oxygens (including phenoxy) is 3. The van der Waals surface area contributed by atoms with Crippen molar-refractivity contribution >= 4 is 54.1 Å². The smallest absolute Gasteiger partial charge is 0.233 e. The summed E-state index contributed by atoms with van der Waals surface area (Å²) in [6, 6.07) is 12.9. The first-order valence-corrected chi connectivity index (χ1v) is 21.1. The minimum atomic E-state index is -0.445. The second kappa shape index (κ2) is 16.9. The standard InChI is InChI=1S/C28H36Br2O3.C14H19BrO2/c1-27(2,3)19-13-17(9-7-11-29)23-21(15-19)25-32-24-18(10-8-12-30)14-20(28(4,5)6)16-22(24)26(31-23)33-25;1-14(2,3)12-7-10(5-4-6-15)13(17)11(8-12)9-16/h13-16,25-26H,7-12H2,1-6H3;7-9,17H,4-6H2,1-3H3. The Labute approximate surface area is 325 Å². The van der Waals surface area contributed by atoms with Gasteiger partial charge in [0, 0.05) is 16.0 Å². The van der Waals surface area contributed by atoms with Gasteiger partial charge in [-0.2, -0.15) is 0 Å². The quantitative estimate of drug-likeness (QED) is 0.162. The van der Waals surface area contributed by atoms with Crippen LogP contribution in [0.1, 0.15) is 149 Å². The maximum Gasteiger partial charge on any atom is 0.233 e. The molecule has 0 amide bonds. The lowest BCUT2D eigenvalue weighted by atomic mass is 9.83. The number of halogens is 3. The summed E-state index contributed by atoms with van der Waals surface area (Å²) in [7, 11) is 0. The van der Waals surface area contributed by atoms with Crippen LogP contribution >= 0.6 is 47.8 Å². The predicted molar refractivity (Wildman–Crippen MR) is 217 cm³/mol. The summed E-state index contributed by atoms with van der Waals surface area (Å²) in [6.07, 6.45) is 5.59. The van der Waals surface area contributed by atoms with Crippen molar-refractivity contribution < 1.29 is 24.1 Å². The molecule has 2 bridgehead atoms. The largest absolute Gasteiger partial charge is 0.507 e. The minimum absolute atomic E-state index is 0.0192. The van der Waals surface area contributed by atoms with Gasteiger partial charge in [-0.15, -0.1) is 0 Å². The molecule has 0 saturated heterocycles. The highest BCUT2D eigenvalue weighted by atomic mass is 79.9. The maximum absolute atomic E-state index is 11.0. The summed E-state index contributed by atoms with van der Waals surface area (Å²) in [5, 5.41) is 12.8. The van der Waals surface area contributed by atoms with Crippen LogP contribution in [0.4, 0.5) is 0 Å². The minimum Gasteiger partial charge on any atom is -0.507 e. The summed E-state index contributed by atoms with van der Waals surface area (Å²) in [5.41, 5.74) is 9.47. The molecule has 0 saturated carbocycles. The molecule has 2 aliphatic heterocycles. The van der Waals surface area contributed by atoms with E-state index in [0.29, 0.717) is 5.56 Å². The summed E-state index contributed by atoms with van der Waals surface area (Å²) >= 11 is 10.6. The maximum atomic E-state index is 11.0. The molecule has 0 aliphatic carbocycles. The molecule has 0 spiro atoms. The van der Waals surface area contributed by atoms with Crippen molar-refractivity contribution in [1.82, 2.24) is 0 Å². The van der Waals surface area contributed by atoms with Crippen molar-refractivity contribution in [3.05, 3.63) is 86.5 Å². The number of alkyl halides is 3. The summed E-state index contributed by atoms with van der Waals surface area (Å²) in [6.45, 7) is 19.8. The third kappa shape index (κ3) is 9.76.